The Balaban J connectivity index is 1.59. The SMILES string of the molecule is CC[C@@H]1Sc2ccc(S(=O)(=O)CCC(=O)NCc3ccc(Cl)cc3)cc2NC1=O. The van der Waals surface area contributed by atoms with Crippen LogP contribution in [0, 0.1) is 0 Å². The van der Waals surface area contributed by atoms with Crippen LogP contribution < -0.4 is 10.6 Å². The van der Waals surface area contributed by atoms with Gasteiger partial charge < -0.3 is 10.6 Å². The first-order valence-electron chi connectivity index (χ1n) is 9.14. The van der Waals surface area contributed by atoms with Crippen molar-refractivity contribution in [1.82, 2.24) is 5.32 Å². The molecule has 3 rings (SSSR count). The summed E-state index contributed by atoms with van der Waals surface area (Å²) in [6, 6.07) is 11.7. The summed E-state index contributed by atoms with van der Waals surface area (Å²) in [6.07, 6.45) is 0.549. The number of benzene rings is 2. The van der Waals surface area contributed by atoms with E-state index in [1.54, 1.807) is 30.3 Å². The number of anilines is 1. The Kier molecular flexibility index (Phi) is 6.87. The largest absolute Gasteiger partial charge is 0.352 e. The zero-order chi connectivity index (χ0) is 21.0. The van der Waals surface area contributed by atoms with E-state index in [1.165, 1.54) is 23.9 Å². The molecule has 2 amide bonds. The molecule has 0 radical (unpaired) electrons. The van der Waals surface area contributed by atoms with E-state index in [4.69, 9.17) is 11.6 Å². The Labute approximate surface area is 179 Å². The van der Waals surface area contributed by atoms with Gasteiger partial charge in [0.25, 0.3) is 0 Å². The van der Waals surface area contributed by atoms with E-state index in [2.05, 4.69) is 10.6 Å². The van der Waals surface area contributed by atoms with Gasteiger partial charge in [-0.3, -0.25) is 9.59 Å². The molecule has 0 bridgehead atoms. The molecule has 154 valence electrons. The molecule has 0 unspecified atom stereocenters. The summed E-state index contributed by atoms with van der Waals surface area (Å²) >= 11 is 7.25. The van der Waals surface area contributed by atoms with Crippen LogP contribution in [0.1, 0.15) is 25.3 Å². The maximum absolute atomic E-state index is 12.6. The number of fused-ring (bicyclic) bond motifs is 1. The van der Waals surface area contributed by atoms with Crippen molar-refractivity contribution in [3.05, 3.63) is 53.1 Å². The van der Waals surface area contributed by atoms with Crippen molar-refractivity contribution in [2.45, 2.75) is 41.4 Å². The fourth-order valence-electron chi connectivity index (χ4n) is 2.83. The van der Waals surface area contributed by atoms with Crippen LogP contribution in [-0.2, 0) is 26.0 Å². The summed E-state index contributed by atoms with van der Waals surface area (Å²) in [4.78, 5) is 25.0. The lowest BCUT2D eigenvalue weighted by atomic mass is 10.2. The van der Waals surface area contributed by atoms with E-state index in [9.17, 15) is 18.0 Å². The van der Waals surface area contributed by atoms with Gasteiger partial charge in [-0.15, -0.1) is 11.8 Å². The predicted octanol–water partition coefficient (Wildman–Crippen LogP) is 3.64. The van der Waals surface area contributed by atoms with E-state index in [0.29, 0.717) is 23.7 Å². The number of rotatable bonds is 7. The molecule has 2 aromatic carbocycles. The van der Waals surface area contributed by atoms with Crippen LogP contribution in [0.4, 0.5) is 5.69 Å². The van der Waals surface area contributed by atoms with Gasteiger partial charge in [-0.05, 0) is 42.3 Å². The molecule has 1 heterocycles. The molecule has 2 N–H and O–H groups in total. The third-order valence-electron chi connectivity index (χ3n) is 4.50. The highest BCUT2D eigenvalue weighted by molar-refractivity contribution is 8.01. The second kappa shape index (κ2) is 9.19. The van der Waals surface area contributed by atoms with E-state index in [1.807, 2.05) is 6.92 Å². The molecule has 0 saturated carbocycles. The maximum Gasteiger partial charge on any atom is 0.237 e. The number of carbonyl (C=O) groups excluding carboxylic acids is 2. The number of halogens is 1. The molecule has 1 aliphatic rings. The Bertz CT molecular complexity index is 1020. The van der Waals surface area contributed by atoms with Crippen LogP contribution >= 0.6 is 23.4 Å². The standard InChI is InChI=1S/C20H21ClN2O4S2/c1-2-17-20(25)23-16-11-15(7-8-18(16)28-17)29(26,27)10-9-19(24)22-12-13-3-5-14(21)6-4-13/h3-8,11,17H,2,9-10,12H2,1H3,(H,22,24)(H,23,25)/t17-/m0/s1. The van der Waals surface area contributed by atoms with E-state index >= 15 is 0 Å². The first-order chi connectivity index (χ1) is 13.8. The lowest BCUT2D eigenvalue weighted by Gasteiger charge is -2.23. The summed E-state index contributed by atoms with van der Waals surface area (Å²) in [5.74, 6) is -0.783. The number of amides is 2. The Hall–Kier alpha value is -2.03. The van der Waals surface area contributed by atoms with E-state index in [0.717, 1.165) is 10.5 Å². The van der Waals surface area contributed by atoms with Crippen LogP contribution in [0.5, 0.6) is 0 Å². The number of nitrogens with one attached hydrogen (secondary N) is 2. The molecule has 2 aromatic rings. The van der Waals surface area contributed by atoms with E-state index < -0.39 is 9.84 Å². The van der Waals surface area contributed by atoms with Crippen LogP contribution in [0.3, 0.4) is 0 Å². The fourth-order valence-corrected chi connectivity index (χ4v) is 5.24. The van der Waals surface area contributed by atoms with E-state index in [-0.39, 0.29) is 34.1 Å². The number of hydrogen-bond donors (Lipinski definition) is 2. The van der Waals surface area contributed by atoms with Crippen LogP contribution in [-0.4, -0.2) is 31.2 Å². The molecule has 6 nitrogen and oxygen atoms in total. The zero-order valence-electron chi connectivity index (χ0n) is 15.8. The molecule has 0 aromatic heterocycles. The first-order valence-corrected chi connectivity index (χ1v) is 12.0. The van der Waals surface area contributed by atoms with Gasteiger partial charge in [0.15, 0.2) is 9.84 Å². The Morgan fingerprint density at radius 2 is 1.93 bits per heavy atom. The Morgan fingerprint density at radius 1 is 1.21 bits per heavy atom. The minimum Gasteiger partial charge on any atom is -0.352 e. The van der Waals surface area contributed by atoms with Gasteiger partial charge in [-0.1, -0.05) is 30.7 Å². The number of sulfone groups is 1. The quantitative estimate of drug-likeness (QED) is 0.669. The molecule has 9 heteroatoms. The molecule has 0 aliphatic carbocycles. The van der Waals surface area contributed by atoms with Crippen molar-refractivity contribution < 1.29 is 18.0 Å². The van der Waals surface area contributed by atoms with Crippen LogP contribution in [0.2, 0.25) is 5.02 Å². The zero-order valence-corrected chi connectivity index (χ0v) is 18.2. The van der Waals surface area contributed by atoms with Gasteiger partial charge in [0.1, 0.15) is 0 Å². The predicted molar refractivity (Wildman–Crippen MR) is 115 cm³/mol. The van der Waals surface area contributed by atoms with Crippen molar-refractivity contribution in [2.75, 3.05) is 11.1 Å². The number of hydrogen-bond acceptors (Lipinski definition) is 5. The minimum atomic E-state index is -3.65. The van der Waals surface area contributed by atoms with Crippen LogP contribution in [0.15, 0.2) is 52.3 Å². The molecule has 1 aliphatic heterocycles. The average molecular weight is 453 g/mol. The third kappa shape index (κ3) is 5.52. The second-order valence-corrected chi connectivity index (χ2v) is 10.4. The maximum atomic E-state index is 12.6. The minimum absolute atomic E-state index is 0.0950. The normalized spacial score (nSPS) is 16.1. The Morgan fingerprint density at radius 3 is 2.62 bits per heavy atom. The fraction of sp³-hybridized carbons (Fsp3) is 0.300. The molecule has 0 spiro atoms. The highest BCUT2D eigenvalue weighted by Gasteiger charge is 2.27. The van der Waals surface area contributed by atoms with Gasteiger partial charge >= 0.3 is 0 Å². The average Bonchev–Trinajstić information content (AvgIpc) is 2.71. The summed E-state index contributed by atoms with van der Waals surface area (Å²) in [6.45, 7) is 2.23. The molecule has 29 heavy (non-hydrogen) atoms. The van der Waals surface area contributed by atoms with Gasteiger partial charge in [-0.25, -0.2) is 8.42 Å². The first kappa shape index (κ1) is 21.7. The van der Waals surface area contributed by atoms with Crippen molar-refractivity contribution in [3.63, 3.8) is 0 Å². The van der Waals surface area contributed by atoms with Gasteiger partial charge in [0.05, 0.1) is 21.6 Å². The third-order valence-corrected chi connectivity index (χ3v) is 7.91. The molecule has 1 atom stereocenters. The highest BCUT2D eigenvalue weighted by Crippen LogP contribution is 2.38. The summed E-state index contributed by atoms with van der Waals surface area (Å²) in [5, 5.41) is 5.91. The number of carbonyl (C=O) groups is 2. The summed E-state index contributed by atoms with van der Waals surface area (Å²) < 4.78 is 25.2. The lowest BCUT2D eigenvalue weighted by molar-refractivity contribution is -0.121. The summed E-state index contributed by atoms with van der Waals surface area (Å²) in [7, 11) is -3.65. The topological polar surface area (TPSA) is 92.3 Å². The summed E-state index contributed by atoms with van der Waals surface area (Å²) in [5.41, 5.74) is 1.37. The monoisotopic (exact) mass is 452 g/mol. The second-order valence-electron chi connectivity index (χ2n) is 6.63. The molecular weight excluding hydrogens is 432 g/mol. The molecule has 0 saturated heterocycles. The highest BCUT2D eigenvalue weighted by atomic mass is 35.5. The van der Waals surface area contributed by atoms with Crippen molar-refractivity contribution in [2.24, 2.45) is 0 Å². The number of thioether (sulfide) groups is 1. The lowest BCUT2D eigenvalue weighted by Crippen LogP contribution is -2.28. The van der Waals surface area contributed by atoms with Crippen molar-refractivity contribution >= 4 is 50.7 Å². The van der Waals surface area contributed by atoms with Gasteiger partial charge in [0.2, 0.25) is 11.8 Å². The van der Waals surface area contributed by atoms with Crippen LogP contribution in [0.25, 0.3) is 0 Å². The van der Waals surface area contributed by atoms with Gasteiger partial charge in [0, 0.05) is 22.9 Å². The van der Waals surface area contributed by atoms with Crippen molar-refractivity contribution in [1.29, 1.82) is 0 Å². The molecular formula is C20H21ClN2O4S2. The van der Waals surface area contributed by atoms with Gasteiger partial charge in [-0.2, -0.15) is 0 Å². The molecule has 0 fully saturated rings. The van der Waals surface area contributed by atoms with Crippen molar-refractivity contribution in [3.8, 4) is 0 Å². The smallest absolute Gasteiger partial charge is 0.237 e.